The minimum absolute atomic E-state index is 0.107. The smallest absolute Gasteiger partial charge is 0.416 e. The number of thiocarbonyl (C=S) groups is 1. The zero-order valence-electron chi connectivity index (χ0n) is 9.84. The highest BCUT2D eigenvalue weighted by atomic mass is 32.1. The Morgan fingerprint density at radius 1 is 1.33 bits per heavy atom. The lowest BCUT2D eigenvalue weighted by atomic mass is 10.1. The van der Waals surface area contributed by atoms with Gasteiger partial charge in [0, 0.05) is 11.8 Å². The van der Waals surface area contributed by atoms with Gasteiger partial charge in [-0.05, 0) is 38.2 Å². The van der Waals surface area contributed by atoms with E-state index in [2.05, 4.69) is 17.5 Å². The average Bonchev–Trinajstić information content (AvgIpc) is 2.13. The van der Waals surface area contributed by atoms with Gasteiger partial charge in [0.1, 0.15) is 5.75 Å². The Labute approximate surface area is 108 Å². The summed E-state index contributed by atoms with van der Waals surface area (Å²) >= 11 is 4.59. The second-order valence-electron chi connectivity index (χ2n) is 3.90. The fourth-order valence-electron chi connectivity index (χ4n) is 1.32. The van der Waals surface area contributed by atoms with Gasteiger partial charge in [-0.15, -0.1) is 0 Å². The van der Waals surface area contributed by atoms with Crippen molar-refractivity contribution in [2.45, 2.75) is 26.1 Å². The van der Waals surface area contributed by atoms with Crippen LogP contribution < -0.4 is 15.8 Å². The first-order valence-electron chi connectivity index (χ1n) is 5.14. The predicted octanol–water partition coefficient (Wildman–Crippen LogP) is 3.15. The van der Waals surface area contributed by atoms with Crippen LogP contribution >= 0.6 is 12.2 Å². The summed E-state index contributed by atoms with van der Waals surface area (Å²) in [7, 11) is 0. The summed E-state index contributed by atoms with van der Waals surface area (Å²) in [5.41, 5.74) is 4.56. The summed E-state index contributed by atoms with van der Waals surface area (Å²) in [5, 5.41) is 2.35. The Hall–Kier alpha value is -1.50. The first-order chi connectivity index (χ1) is 8.18. The van der Waals surface area contributed by atoms with Gasteiger partial charge in [0.15, 0.2) is 5.11 Å². The molecule has 0 bridgehead atoms. The van der Waals surface area contributed by atoms with E-state index in [-0.39, 0.29) is 22.7 Å². The van der Waals surface area contributed by atoms with Crippen molar-refractivity contribution in [3.63, 3.8) is 0 Å². The highest BCUT2D eigenvalue weighted by Crippen LogP contribution is 2.34. The second kappa shape index (κ2) is 5.43. The van der Waals surface area contributed by atoms with Crippen molar-refractivity contribution in [2.75, 3.05) is 5.32 Å². The average molecular weight is 278 g/mol. The molecule has 0 spiro atoms. The van der Waals surface area contributed by atoms with Crippen LogP contribution in [0.5, 0.6) is 5.75 Å². The molecule has 3 N–H and O–H groups in total. The molecule has 0 amide bonds. The van der Waals surface area contributed by atoms with Crippen molar-refractivity contribution >= 4 is 23.0 Å². The summed E-state index contributed by atoms with van der Waals surface area (Å²) in [4.78, 5) is 0. The number of nitrogens with one attached hydrogen (secondary N) is 1. The molecule has 18 heavy (non-hydrogen) atoms. The molecule has 3 nitrogen and oxygen atoms in total. The lowest BCUT2D eigenvalue weighted by Gasteiger charge is -2.15. The van der Waals surface area contributed by atoms with Crippen molar-refractivity contribution in [3.05, 3.63) is 23.8 Å². The number of hydrogen-bond acceptors (Lipinski definition) is 2. The first-order valence-corrected chi connectivity index (χ1v) is 5.54. The van der Waals surface area contributed by atoms with Gasteiger partial charge in [0.05, 0.1) is 11.7 Å². The molecule has 0 saturated heterocycles. The molecule has 0 aliphatic heterocycles. The van der Waals surface area contributed by atoms with E-state index >= 15 is 0 Å². The van der Waals surface area contributed by atoms with E-state index in [1.807, 2.05) is 0 Å². The number of alkyl halides is 3. The van der Waals surface area contributed by atoms with Crippen LogP contribution in [-0.4, -0.2) is 11.2 Å². The maximum absolute atomic E-state index is 12.7. The summed E-state index contributed by atoms with van der Waals surface area (Å²) in [6, 6.07) is 3.27. The van der Waals surface area contributed by atoms with Crippen LogP contribution in [0.2, 0.25) is 0 Å². The minimum atomic E-state index is -4.46. The molecule has 1 aromatic carbocycles. The number of ether oxygens (including phenoxy) is 1. The molecule has 100 valence electrons. The van der Waals surface area contributed by atoms with Crippen molar-refractivity contribution in [1.82, 2.24) is 0 Å². The maximum atomic E-state index is 12.7. The third kappa shape index (κ3) is 4.40. The van der Waals surface area contributed by atoms with Crippen LogP contribution in [0.4, 0.5) is 18.9 Å². The van der Waals surface area contributed by atoms with Crippen molar-refractivity contribution in [1.29, 1.82) is 0 Å². The largest absolute Gasteiger partial charge is 0.491 e. The van der Waals surface area contributed by atoms with Crippen LogP contribution in [0.15, 0.2) is 18.2 Å². The van der Waals surface area contributed by atoms with Gasteiger partial charge >= 0.3 is 6.18 Å². The monoisotopic (exact) mass is 278 g/mol. The van der Waals surface area contributed by atoms with E-state index < -0.39 is 11.7 Å². The van der Waals surface area contributed by atoms with Gasteiger partial charge in [-0.3, -0.25) is 0 Å². The Morgan fingerprint density at radius 3 is 2.39 bits per heavy atom. The van der Waals surface area contributed by atoms with Crippen LogP contribution in [0.1, 0.15) is 19.4 Å². The summed E-state index contributed by atoms with van der Waals surface area (Å²) < 4.78 is 43.3. The third-order valence-electron chi connectivity index (χ3n) is 1.87. The lowest BCUT2D eigenvalue weighted by Crippen LogP contribution is -2.19. The van der Waals surface area contributed by atoms with Gasteiger partial charge in [-0.2, -0.15) is 13.2 Å². The standard InChI is InChI=1S/C11H13F3N2OS/c1-6(2)17-9-4-7(11(12,13)14)3-8(5-9)16-10(15)18/h3-6H,1-2H3,(H3,15,16,18). The van der Waals surface area contributed by atoms with Crippen LogP contribution in [0.3, 0.4) is 0 Å². The Kier molecular flexibility index (Phi) is 4.39. The predicted molar refractivity (Wildman–Crippen MR) is 67.6 cm³/mol. The number of nitrogens with two attached hydrogens (primary N) is 1. The Balaban J connectivity index is 3.15. The molecule has 7 heteroatoms. The number of anilines is 1. The number of halogens is 3. The van der Waals surface area contributed by atoms with E-state index in [1.165, 1.54) is 6.07 Å². The van der Waals surface area contributed by atoms with E-state index in [9.17, 15) is 13.2 Å². The number of rotatable bonds is 3. The normalized spacial score (nSPS) is 11.4. The second-order valence-corrected chi connectivity index (χ2v) is 4.34. The van der Waals surface area contributed by atoms with Crippen molar-refractivity contribution in [3.8, 4) is 5.75 Å². The first kappa shape index (κ1) is 14.6. The summed E-state index contributed by atoms with van der Waals surface area (Å²) in [6.07, 6.45) is -4.69. The van der Waals surface area contributed by atoms with Gasteiger partial charge in [-0.25, -0.2) is 0 Å². The molecular weight excluding hydrogens is 265 g/mol. The molecular formula is C11H13F3N2OS. The molecule has 1 rings (SSSR count). The van der Waals surface area contributed by atoms with Gasteiger partial charge in [-0.1, -0.05) is 0 Å². The third-order valence-corrected chi connectivity index (χ3v) is 1.98. The van der Waals surface area contributed by atoms with Crippen LogP contribution in [-0.2, 0) is 6.18 Å². The van der Waals surface area contributed by atoms with E-state index in [0.29, 0.717) is 0 Å². The molecule has 0 saturated carbocycles. The summed E-state index contributed by atoms with van der Waals surface area (Å²) in [6.45, 7) is 3.45. The lowest BCUT2D eigenvalue weighted by molar-refractivity contribution is -0.137. The SMILES string of the molecule is CC(C)Oc1cc(NC(N)=S)cc(C(F)(F)F)c1. The van der Waals surface area contributed by atoms with Crippen LogP contribution in [0.25, 0.3) is 0 Å². The van der Waals surface area contributed by atoms with Crippen molar-refractivity contribution in [2.24, 2.45) is 5.73 Å². The quantitative estimate of drug-likeness (QED) is 0.834. The molecule has 1 aromatic rings. The molecule has 0 heterocycles. The molecule has 0 atom stereocenters. The highest BCUT2D eigenvalue weighted by molar-refractivity contribution is 7.80. The maximum Gasteiger partial charge on any atom is 0.416 e. The number of benzene rings is 1. The fourth-order valence-corrected chi connectivity index (χ4v) is 1.44. The number of hydrogen-bond donors (Lipinski definition) is 2. The van der Waals surface area contributed by atoms with Gasteiger partial charge in [0.25, 0.3) is 0 Å². The molecule has 0 unspecified atom stereocenters. The minimum Gasteiger partial charge on any atom is -0.491 e. The van der Waals surface area contributed by atoms with Gasteiger partial charge < -0.3 is 15.8 Å². The molecule has 0 aliphatic rings. The zero-order chi connectivity index (χ0) is 13.9. The molecule has 0 fully saturated rings. The van der Waals surface area contributed by atoms with E-state index in [0.717, 1.165) is 12.1 Å². The Morgan fingerprint density at radius 2 is 1.94 bits per heavy atom. The zero-order valence-corrected chi connectivity index (χ0v) is 10.7. The van der Waals surface area contributed by atoms with E-state index in [1.54, 1.807) is 13.8 Å². The molecule has 0 aromatic heterocycles. The topological polar surface area (TPSA) is 47.3 Å². The molecule has 0 aliphatic carbocycles. The highest BCUT2D eigenvalue weighted by Gasteiger charge is 2.31. The fraction of sp³-hybridized carbons (Fsp3) is 0.364. The summed E-state index contributed by atoms with van der Waals surface area (Å²) in [5.74, 6) is 0.110. The van der Waals surface area contributed by atoms with Gasteiger partial charge in [0.2, 0.25) is 0 Å². The van der Waals surface area contributed by atoms with E-state index in [4.69, 9.17) is 10.5 Å². The molecule has 0 radical (unpaired) electrons. The Bertz CT molecular complexity index is 446. The van der Waals surface area contributed by atoms with Crippen molar-refractivity contribution < 1.29 is 17.9 Å². The van der Waals surface area contributed by atoms with Crippen LogP contribution in [0, 0.1) is 0 Å².